The lowest BCUT2D eigenvalue weighted by Gasteiger charge is -2.26. The predicted octanol–water partition coefficient (Wildman–Crippen LogP) is 6.55. The van der Waals surface area contributed by atoms with E-state index in [1.54, 1.807) is 18.6 Å². The number of hydrogen-bond acceptors (Lipinski definition) is 6. The van der Waals surface area contributed by atoms with Gasteiger partial charge in [-0.2, -0.15) is 0 Å². The van der Waals surface area contributed by atoms with E-state index >= 15 is 0 Å². The van der Waals surface area contributed by atoms with Crippen LogP contribution < -0.4 is 19.6 Å². The molecule has 0 saturated heterocycles. The van der Waals surface area contributed by atoms with Crippen LogP contribution in [-0.2, 0) is 16.1 Å². The number of aromatic nitrogens is 2. The molecule has 6 rings (SSSR count). The number of carbonyl (C=O) groups excluding carboxylic acids is 1. The molecule has 230 valence electrons. The molecule has 7 nitrogen and oxygen atoms in total. The maximum absolute atomic E-state index is 14.4. The fourth-order valence-electron chi connectivity index (χ4n) is 6.08. The second-order valence-corrected chi connectivity index (χ2v) is 12.3. The lowest BCUT2D eigenvalue weighted by molar-refractivity contribution is -0.139. The van der Waals surface area contributed by atoms with Crippen LogP contribution in [0.3, 0.4) is 0 Å². The summed E-state index contributed by atoms with van der Waals surface area (Å²) in [4.78, 5) is 33.4. The molecule has 2 aromatic heterocycles. The number of ether oxygens (including phenoxy) is 2. The summed E-state index contributed by atoms with van der Waals surface area (Å²) in [6, 6.07) is 22.8. The van der Waals surface area contributed by atoms with E-state index in [-0.39, 0.29) is 12.2 Å². The minimum atomic E-state index is -0.747. The number of nitrogens with zero attached hydrogens (tertiary/aromatic N) is 3. The summed E-state index contributed by atoms with van der Waals surface area (Å²) >= 11 is 7.88. The summed E-state index contributed by atoms with van der Waals surface area (Å²) in [6.07, 6.45) is 3.30. The fraction of sp³-hybridized carbons (Fsp3) is 0.250. The molecular formula is C36H34ClN3O4S. The van der Waals surface area contributed by atoms with Gasteiger partial charge in [0.2, 0.25) is 0 Å². The highest BCUT2D eigenvalue weighted by atomic mass is 35.5. The van der Waals surface area contributed by atoms with Crippen molar-refractivity contribution in [3.05, 3.63) is 131 Å². The zero-order valence-corrected chi connectivity index (χ0v) is 27.2. The molecule has 1 aliphatic rings. The SMILES string of the molecule is CCCC1=C(C(=O)OCC)[C@H](c2ccccc2OC)n2c(sc(=Cc3c(C)n(Cc4ccccc4Cl)c4ccccc34)c2=O)=N1. The van der Waals surface area contributed by atoms with Crippen molar-refractivity contribution in [2.75, 3.05) is 13.7 Å². The van der Waals surface area contributed by atoms with Crippen LogP contribution in [0, 0.1) is 6.92 Å². The molecule has 0 bridgehead atoms. The molecule has 5 aromatic rings. The molecule has 9 heteroatoms. The molecule has 1 aliphatic heterocycles. The van der Waals surface area contributed by atoms with Crippen molar-refractivity contribution in [2.24, 2.45) is 4.99 Å². The van der Waals surface area contributed by atoms with Crippen molar-refractivity contribution in [3.8, 4) is 5.75 Å². The van der Waals surface area contributed by atoms with E-state index < -0.39 is 12.0 Å². The molecule has 0 spiro atoms. The van der Waals surface area contributed by atoms with Gasteiger partial charge in [0, 0.05) is 39.3 Å². The summed E-state index contributed by atoms with van der Waals surface area (Å²) in [7, 11) is 1.59. The first-order chi connectivity index (χ1) is 21.9. The van der Waals surface area contributed by atoms with Gasteiger partial charge < -0.3 is 14.0 Å². The largest absolute Gasteiger partial charge is 0.496 e. The van der Waals surface area contributed by atoms with Crippen LogP contribution in [0.1, 0.15) is 55.1 Å². The number of para-hydroxylation sites is 2. The quantitative estimate of drug-likeness (QED) is 0.171. The van der Waals surface area contributed by atoms with Crippen molar-refractivity contribution in [3.63, 3.8) is 0 Å². The summed E-state index contributed by atoms with van der Waals surface area (Å²) < 4.78 is 15.6. The minimum Gasteiger partial charge on any atom is -0.496 e. The number of allylic oxidation sites excluding steroid dienone is 1. The van der Waals surface area contributed by atoms with Gasteiger partial charge in [0.25, 0.3) is 5.56 Å². The predicted molar refractivity (Wildman–Crippen MR) is 180 cm³/mol. The van der Waals surface area contributed by atoms with Gasteiger partial charge in [0.05, 0.1) is 29.5 Å². The Morgan fingerprint density at radius 3 is 2.53 bits per heavy atom. The van der Waals surface area contributed by atoms with Crippen molar-refractivity contribution >= 4 is 45.9 Å². The lowest BCUT2D eigenvalue weighted by Crippen LogP contribution is -2.40. The van der Waals surface area contributed by atoms with Crippen molar-refractivity contribution in [2.45, 2.75) is 46.2 Å². The normalized spacial score (nSPS) is 14.9. The molecule has 1 atom stereocenters. The Kier molecular flexibility index (Phi) is 8.79. The van der Waals surface area contributed by atoms with Gasteiger partial charge in [-0.3, -0.25) is 9.36 Å². The Labute approximate surface area is 270 Å². The van der Waals surface area contributed by atoms with Gasteiger partial charge in [-0.15, -0.1) is 0 Å². The number of esters is 1. The zero-order chi connectivity index (χ0) is 31.7. The molecule has 0 N–H and O–H groups in total. The fourth-order valence-corrected chi connectivity index (χ4v) is 7.28. The molecule has 0 radical (unpaired) electrons. The number of benzene rings is 3. The van der Waals surface area contributed by atoms with Crippen LogP contribution in [0.2, 0.25) is 5.02 Å². The number of hydrogen-bond donors (Lipinski definition) is 0. The van der Waals surface area contributed by atoms with Crippen LogP contribution in [0.5, 0.6) is 5.75 Å². The minimum absolute atomic E-state index is 0.211. The summed E-state index contributed by atoms with van der Waals surface area (Å²) in [5, 5.41) is 1.74. The first-order valence-corrected chi connectivity index (χ1v) is 16.2. The van der Waals surface area contributed by atoms with Gasteiger partial charge >= 0.3 is 5.97 Å². The van der Waals surface area contributed by atoms with Gasteiger partial charge in [-0.1, -0.05) is 90.9 Å². The second-order valence-electron chi connectivity index (χ2n) is 10.8. The highest BCUT2D eigenvalue weighted by Crippen LogP contribution is 2.37. The number of thiazole rings is 1. The van der Waals surface area contributed by atoms with E-state index in [9.17, 15) is 9.59 Å². The first kappa shape index (κ1) is 30.6. The molecule has 45 heavy (non-hydrogen) atoms. The smallest absolute Gasteiger partial charge is 0.338 e. The van der Waals surface area contributed by atoms with E-state index in [1.807, 2.05) is 73.7 Å². The Bertz CT molecular complexity index is 2140. The van der Waals surface area contributed by atoms with Gasteiger partial charge in [0.1, 0.15) is 11.8 Å². The summed E-state index contributed by atoms with van der Waals surface area (Å²) in [5.74, 6) is 0.100. The second kappa shape index (κ2) is 12.9. The lowest BCUT2D eigenvalue weighted by atomic mass is 9.93. The summed E-state index contributed by atoms with van der Waals surface area (Å²) in [5.41, 5.74) is 5.51. The zero-order valence-electron chi connectivity index (χ0n) is 25.7. The van der Waals surface area contributed by atoms with Gasteiger partial charge in [-0.05, 0) is 50.1 Å². The Morgan fingerprint density at radius 2 is 1.78 bits per heavy atom. The number of fused-ring (bicyclic) bond motifs is 2. The number of rotatable bonds is 9. The van der Waals surface area contributed by atoms with E-state index in [2.05, 4.69) is 23.6 Å². The van der Waals surface area contributed by atoms with Crippen molar-refractivity contribution < 1.29 is 14.3 Å². The maximum atomic E-state index is 14.4. The molecule has 0 saturated carbocycles. The van der Waals surface area contributed by atoms with Gasteiger partial charge in [-0.25, -0.2) is 9.79 Å². The molecule has 0 unspecified atom stereocenters. The first-order valence-electron chi connectivity index (χ1n) is 15.0. The maximum Gasteiger partial charge on any atom is 0.338 e. The van der Waals surface area contributed by atoms with Gasteiger partial charge in [0.15, 0.2) is 4.80 Å². The van der Waals surface area contributed by atoms with E-state index in [0.717, 1.165) is 34.1 Å². The van der Waals surface area contributed by atoms with Crippen molar-refractivity contribution in [1.82, 2.24) is 9.13 Å². The Balaban J connectivity index is 1.59. The third-order valence-corrected chi connectivity index (χ3v) is 9.52. The third kappa shape index (κ3) is 5.53. The average molecular weight is 640 g/mol. The number of carbonyl (C=O) groups is 1. The van der Waals surface area contributed by atoms with Crippen LogP contribution in [0.25, 0.3) is 17.0 Å². The van der Waals surface area contributed by atoms with E-state index in [0.29, 0.717) is 49.9 Å². The Morgan fingerprint density at radius 1 is 1.04 bits per heavy atom. The highest BCUT2D eigenvalue weighted by Gasteiger charge is 2.36. The third-order valence-electron chi connectivity index (χ3n) is 8.17. The standard InChI is InChI=1S/C36H34ClN3O4S/c1-5-13-28-32(35(42)44-6-2)33(25-16-9-12-19-30(25)43-4)40-34(41)31(45-36(40)38-28)20-26-22(3)39(29-18-11-8-15-24(26)29)21-23-14-7-10-17-27(23)37/h7-12,14-20,33H,5-6,13,21H2,1-4H3/t33-/m0/s1. The van der Waals surface area contributed by atoms with Crippen LogP contribution in [-0.4, -0.2) is 28.8 Å². The summed E-state index contributed by atoms with van der Waals surface area (Å²) in [6.45, 7) is 6.69. The molecular weight excluding hydrogens is 606 g/mol. The number of halogens is 1. The Hall–Kier alpha value is -4.40. The van der Waals surface area contributed by atoms with Crippen LogP contribution in [0.4, 0.5) is 0 Å². The molecule has 0 amide bonds. The monoisotopic (exact) mass is 639 g/mol. The van der Waals surface area contributed by atoms with E-state index in [4.69, 9.17) is 26.1 Å². The van der Waals surface area contributed by atoms with E-state index in [1.165, 1.54) is 11.3 Å². The van der Waals surface area contributed by atoms with Crippen LogP contribution in [0.15, 0.2) is 93.9 Å². The average Bonchev–Trinajstić information content (AvgIpc) is 3.50. The highest BCUT2D eigenvalue weighted by molar-refractivity contribution is 7.07. The molecule has 3 heterocycles. The van der Waals surface area contributed by atoms with Crippen LogP contribution >= 0.6 is 22.9 Å². The molecule has 3 aromatic carbocycles. The molecule has 0 fully saturated rings. The topological polar surface area (TPSA) is 74.8 Å². The molecule has 0 aliphatic carbocycles. The number of methoxy groups -OCH3 is 1. The van der Waals surface area contributed by atoms with Crippen molar-refractivity contribution in [1.29, 1.82) is 0 Å².